The van der Waals surface area contributed by atoms with Gasteiger partial charge in [0.1, 0.15) is 5.75 Å². The molecule has 0 aliphatic heterocycles. The highest BCUT2D eigenvalue weighted by Gasteiger charge is 2.30. The summed E-state index contributed by atoms with van der Waals surface area (Å²) in [5.74, 6) is -0.341. The second kappa shape index (κ2) is 9.31. The van der Waals surface area contributed by atoms with E-state index in [1.54, 1.807) is 49.6 Å². The minimum Gasteiger partial charge on any atom is -0.497 e. The summed E-state index contributed by atoms with van der Waals surface area (Å²) in [6.45, 7) is 1.82. The van der Waals surface area contributed by atoms with Crippen LogP contribution in [0.5, 0.6) is 5.75 Å². The SMILES string of the molecule is CCC(Sc1c(=O)o[nH][n+]1-c1ccc(OC)cc1)C(=O)Nc1ccccc1C(N)=O. The van der Waals surface area contributed by atoms with Crippen LogP contribution in [0.25, 0.3) is 5.69 Å². The van der Waals surface area contributed by atoms with Gasteiger partial charge >= 0.3 is 10.7 Å². The Morgan fingerprint density at radius 3 is 2.57 bits per heavy atom. The average Bonchev–Trinajstić information content (AvgIpc) is 3.12. The number of aromatic amines is 1. The molecule has 0 saturated heterocycles. The summed E-state index contributed by atoms with van der Waals surface area (Å²) in [7, 11) is 1.56. The van der Waals surface area contributed by atoms with Crippen molar-refractivity contribution in [2.24, 2.45) is 5.73 Å². The quantitative estimate of drug-likeness (QED) is 0.370. The lowest BCUT2D eigenvalue weighted by molar-refractivity contribution is -0.704. The summed E-state index contributed by atoms with van der Waals surface area (Å²) in [6.07, 6.45) is 0.433. The molecular weight excluding hydrogens is 408 g/mol. The van der Waals surface area contributed by atoms with E-state index in [9.17, 15) is 14.4 Å². The van der Waals surface area contributed by atoms with Gasteiger partial charge in [0.15, 0.2) is 0 Å². The van der Waals surface area contributed by atoms with E-state index in [-0.39, 0.29) is 16.5 Å². The van der Waals surface area contributed by atoms with Crippen LogP contribution in [0, 0.1) is 0 Å². The molecule has 3 aromatic rings. The molecule has 3 rings (SSSR count). The number of anilines is 1. The van der Waals surface area contributed by atoms with Crippen LogP contribution in [0.15, 0.2) is 62.9 Å². The Morgan fingerprint density at radius 1 is 1.23 bits per heavy atom. The number of methoxy groups -OCH3 is 1. The maximum absolute atomic E-state index is 12.8. The monoisotopic (exact) mass is 429 g/mol. The van der Waals surface area contributed by atoms with Gasteiger partial charge in [0, 0.05) is 12.1 Å². The van der Waals surface area contributed by atoms with Gasteiger partial charge in [0.2, 0.25) is 11.6 Å². The van der Waals surface area contributed by atoms with Crippen LogP contribution in [0.4, 0.5) is 5.69 Å². The minimum absolute atomic E-state index is 0.208. The van der Waals surface area contributed by atoms with E-state index in [1.807, 2.05) is 6.92 Å². The van der Waals surface area contributed by atoms with Crippen molar-refractivity contribution in [3.63, 3.8) is 0 Å². The number of hydrogen-bond acceptors (Lipinski definition) is 6. The van der Waals surface area contributed by atoms with E-state index in [4.69, 9.17) is 15.0 Å². The molecule has 0 radical (unpaired) electrons. The van der Waals surface area contributed by atoms with Gasteiger partial charge in [-0.1, -0.05) is 19.1 Å². The van der Waals surface area contributed by atoms with Crippen LogP contribution < -0.4 is 26.1 Å². The molecular formula is C20H21N4O5S+. The Morgan fingerprint density at radius 2 is 1.93 bits per heavy atom. The maximum atomic E-state index is 12.8. The number of benzene rings is 2. The fraction of sp³-hybridized carbons (Fsp3) is 0.200. The number of H-pyrrole nitrogens is 1. The Hall–Kier alpha value is -3.53. The Balaban J connectivity index is 1.84. The number of aromatic nitrogens is 2. The van der Waals surface area contributed by atoms with E-state index in [2.05, 4.69) is 10.6 Å². The summed E-state index contributed by atoms with van der Waals surface area (Å²) >= 11 is 1.06. The second-order valence-electron chi connectivity index (χ2n) is 6.23. The van der Waals surface area contributed by atoms with Crippen molar-refractivity contribution in [2.45, 2.75) is 23.6 Å². The lowest BCUT2D eigenvalue weighted by atomic mass is 10.1. The van der Waals surface area contributed by atoms with Gasteiger partial charge in [-0.3, -0.25) is 14.1 Å². The summed E-state index contributed by atoms with van der Waals surface area (Å²) in [6, 6.07) is 13.5. The molecule has 1 atom stereocenters. The number of nitrogens with one attached hydrogen (secondary N) is 2. The molecule has 2 amide bonds. The van der Waals surface area contributed by atoms with Crippen LogP contribution >= 0.6 is 11.8 Å². The molecule has 1 heterocycles. The van der Waals surface area contributed by atoms with Gasteiger partial charge in [0.25, 0.3) is 5.91 Å². The summed E-state index contributed by atoms with van der Waals surface area (Å²) in [5, 5.41) is 4.86. The zero-order valence-electron chi connectivity index (χ0n) is 16.4. The molecule has 0 aliphatic carbocycles. The third-order valence-electron chi connectivity index (χ3n) is 4.31. The first kappa shape index (κ1) is 21.2. The molecule has 10 heteroatoms. The summed E-state index contributed by atoms with van der Waals surface area (Å²) < 4.78 is 11.5. The highest BCUT2D eigenvalue weighted by Crippen LogP contribution is 2.24. The second-order valence-corrected chi connectivity index (χ2v) is 7.42. The third-order valence-corrected chi connectivity index (χ3v) is 5.71. The van der Waals surface area contributed by atoms with Crippen LogP contribution in [-0.2, 0) is 4.79 Å². The molecule has 0 saturated carbocycles. The third kappa shape index (κ3) is 4.54. The zero-order valence-corrected chi connectivity index (χ0v) is 17.2. The summed E-state index contributed by atoms with van der Waals surface area (Å²) in [5.41, 5.74) is 5.93. The number of hydrogen-bond donors (Lipinski definition) is 3. The molecule has 9 nitrogen and oxygen atoms in total. The van der Waals surface area contributed by atoms with Crippen molar-refractivity contribution in [1.29, 1.82) is 0 Å². The molecule has 2 aromatic carbocycles. The number of ether oxygens (including phenoxy) is 1. The number of carbonyl (C=O) groups excluding carboxylic acids is 2. The molecule has 156 valence electrons. The normalized spacial score (nSPS) is 11.7. The van der Waals surface area contributed by atoms with E-state index in [1.165, 1.54) is 10.7 Å². The minimum atomic E-state index is -0.643. The lowest BCUT2D eigenvalue weighted by Crippen LogP contribution is -2.37. The first-order valence-corrected chi connectivity index (χ1v) is 9.96. The fourth-order valence-corrected chi connectivity index (χ4v) is 3.73. The van der Waals surface area contributed by atoms with E-state index in [0.29, 0.717) is 23.5 Å². The molecule has 1 unspecified atom stereocenters. The first-order valence-electron chi connectivity index (χ1n) is 9.09. The van der Waals surface area contributed by atoms with Crippen molar-refractivity contribution in [2.75, 3.05) is 12.4 Å². The zero-order chi connectivity index (χ0) is 21.7. The van der Waals surface area contributed by atoms with Crippen LogP contribution in [0.3, 0.4) is 0 Å². The van der Waals surface area contributed by atoms with E-state index < -0.39 is 16.8 Å². The maximum Gasteiger partial charge on any atom is 0.442 e. The molecule has 0 aliphatic rings. The van der Waals surface area contributed by atoms with Crippen LogP contribution in [-0.4, -0.2) is 29.4 Å². The largest absolute Gasteiger partial charge is 0.497 e. The smallest absolute Gasteiger partial charge is 0.442 e. The van der Waals surface area contributed by atoms with Crippen molar-refractivity contribution in [3.05, 3.63) is 64.5 Å². The Kier molecular flexibility index (Phi) is 6.58. The van der Waals surface area contributed by atoms with Crippen molar-refractivity contribution >= 4 is 29.3 Å². The number of rotatable bonds is 8. The van der Waals surface area contributed by atoms with Crippen molar-refractivity contribution in [3.8, 4) is 11.4 Å². The summed E-state index contributed by atoms with van der Waals surface area (Å²) in [4.78, 5) is 36.7. The lowest BCUT2D eigenvalue weighted by Gasteiger charge is -2.13. The predicted octanol–water partition coefficient (Wildman–Crippen LogP) is 1.86. The van der Waals surface area contributed by atoms with Crippen LogP contribution in [0.2, 0.25) is 0 Å². The van der Waals surface area contributed by atoms with Gasteiger partial charge in [-0.2, -0.15) is 0 Å². The Bertz CT molecular complexity index is 1110. The highest BCUT2D eigenvalue weighted by atomic mass is 32.2. The number of thioether (sulfide) groups is 1. The number of primary amides is 1. The predicted molar refractivity (Wildman–Crippen MR) is 111 cm³/mol. The topological polar surface area (TPSA) is 131 Å². The molecule has 0 bridgehead atoms. The molecule has 4 N–H and O–H groups in total. The van der Waals surface area contributed by atoms with Crippen molar-refractivity contribution < 1.29 is 23.5 Å². The van der Waals surface area contributed by atoms with Gasteiger partial charge in [-0.15, -0.1) is 0 Å². The van der Waals surface area contributed by atoms with Crippen molar-refractivity contribution in [1.82, 2.24) is 5.27 Å². The number of para-hydroxylation sites is 1. The number of carbonyl (C=O) groups is 2. The highest BCUT2D eigenvalue weighted by molar-refractivity contribution is 8.00. The fourth-order valence-electron chi connectivity index (χ4n) is 2.74. The number of nitrogens with two attached hydrogens (primary N) is 1. The number of nitrogens with zero attached hydrogens (tertiary/aromatic N) is 1. The first-order chi connectivity index (χ1) is 14.4. The van der Waals surface area contributed by atoms with Gasteiger partial charge in [-0.05, 0) is 52.4 Å². The average molecular weight is 429 g/mol. The van der Waals surface area contributed by atoms with E-state index >= 15 is 0 Å². The Labute approximate surface area is 176 Å². The van der Waals surface area contributed by atoms with Gasteiger partial charge in [-0.25, -0.2) is 4.79 Å². The molecule has 0 fully saturated rings. The standard InChI is InChI=1S/C20H20N4O5S/c1-3-16(18(26)22-15-7-5-4-6-14(15)17(21)25)30-19-20(27)29-23-24(19)12-8-10-13(28-2)11-9-12/h4-11,16H,3H2,1-2H3,(H3-,21,22,23,25,26,27)/p+1. The molecule has 0 spiro atoms. The van der Waals surface area contributed by atoms with Gasteiger partial charge in [0.05, 0.1) is 23.6 Å². The van der Waals surface area contributed by atoms with E-state index in [0.717, 1.165) is 11.8 Å². The van der Waals surface area contributed by atoms with Gasteiger partial charge < -0.3 is 15.8 Å². The van der Waals surface area contributed by atoms with Crippen LogP contribution in [0.1, 0.15) is 23.7 Å². The number of amides is 2. The molecule has 1 aromatic heterocycles. The molecule has 30 heavy (non-hydrogen) atoms.